The van der Waals surface area contributed by atoms with Gasteiger partial charge in [-0.1, -0.05) is 24.3 Å². The van der Waals surface area contributed by atoms with E-state index in [1.165, 1.54) is 6.07 Å². The van der Waals surface area contributed by atoms with Crippen molar-refractivity contribution in [2.24, 2.45) is 0 Å². The topological polar surface area (TPSA) is 85.7 Å². The van der Waals surface area contributed by atoms with Crippen LogP contribution in [0.4, 0.5) is 24.7 Å². The molecule has 0 spiro atoms. The molecule has 4 rings (SSSR count). The molecule has 6 nitrogen and oxygen atoms in total. The van der Waals surface area contributed by atoms with Crippen molar-refractivity contribution in [1.82, 2.24) is 10.3 Å². The summed E-state index contributed by atoms with van der Waals surface area (Å²) >= 11 is 0. The van der Waals surface area contributed by atoms with E-state index in [9.17, 15) is 23.1 Å². The van der Waals surface area contributed by atoms with Crippen LogP contribution in [0.1, 0.15) is 32.6 Å². The van der Waals surface area contributed by atoms with Gasteiger partial charge in [0.15, 0.2) is 0 Å². The molecular formula is C25H24F3N3O3. The SMILES string of the molecule is O=C(NC[C@@H](O)CO)c1cccc2c1CCN2c1cc(Cc2cccc(C(F)(F)F)c2)ccn1. The number of alkyl halides is 3. The fraction of sp³-hybridized carbons (Fsp3) is 0.280. The maximum atomic E-state index is 13.0. The largest absolute Gasteiger partial charge is 0.416 e. The fourth-order valence-corrected chi connectivity index (χ4v) is 4.07. The predicted octanol–water partition coefficient (Wildman–Crippen LogP) is 3.47. The summed E-state index contributed by atoms with van der Waals surface area (Å²) in [5.41, 5.74) is 2.88. The van der Waals surface area contributed by atoms with Crippen LogP contribution in [0.3, 0.4) is 0 Å². The lowest BCUT2D eigenvalue weighted by Gasteiger charge is -2.19. The molecule has 2 heterocycles. The molecule has 1 atom stereocenters. The number of aromatic nitrogens is 1. The Kier molecular flexibility index (Phi) is 6.85. The van der Waals surface area contributed by atoms with Crippen molar-refractivity contribution < 1.29 is 28.2 Å². The highest BCUT2D eigenvalue weighted by molar-refractivity contribution is 5.98. The van der Waals surface area contributed by atoms with E-state index in [4.69, 9.17) is 5.11 Å². The van der Waals surface area contributed by atoms with E-state index in [-0.39, 0.29) is 12.5 Å². The van der Waals surface area contributed by atoms with E-state index >= 15 is 0 Å². The normalized spacial score (nSPS) is 14.1. The second-order valence-corrected chi connectivity index (χ2v) is 8.15. The van der Waals surface area contributed by atoms with Crippen LogP contribution in [-0.4, -0.2) is 46.9 Å². The molecule has 178 valence electrons. The number of nitrogens with one attached hydrogen (secondary N) is 1. The van der Waals surface area contributed by atoms with E-state index in [2.05, 4.69) is 10.3 Å². The van der Waals surface area contributed by atoms with Crippen LogP contribution < -0.4 is 10.2 Å². The third-order valence-corrected chi connectivity index (χ3v) is 5.73. The number of aliphatic hydroxyl groups is 2. The quantitative estimate of drug-likeness (QED) is 0.492. The van der Waals surface area contributed by atoms with E-state index in [1.54, 1.807) is 30.5 Å². The van der Waals surface area contributed by atoms with Gasteiger partial charge < -0.3 is 20.4 Å². The summed E-state index contributed by atoms with van der Waals surface area (Å²) in [5.74, 6) is 0.314. The summed E-state index contributed by atoms with van der Waals surface area (Å²) in [4.78, 5) is 19.0. The van der Waals surface area contributed by atoms with Crippen molar-refractivity contribution in [2.45, 2.75) is 25.1 Å². The first-order valence-corrected chi connectivity index (χ1v) is 10.8. The van der Waals surface area contributed by atoms with Gasteiger partial charge >= 0.3 is 6.18 Å². The molecule has 1 aliphatic heterocycles. The second kappa shape index (κ2) is 9.82. The number of hydrogen-bond acceptors (Lipinski definition) is 5. The van der Waals surface area contributed by atoms with Crippen molar-refractivity contribution in [3.05, 3.63) is 88.6 Å². The molecule has 34 heavy (non-hydrogen) atoms. The highest BCUT2D eigenvalue weighted by Gasteiger charge is 2.30. The van der Waals surface area contributed by atoms with Crippen LogP contribution in [0.5, 0.6) is 0 Å². The number of nitrogens with zero attached hydrogens (tertiary/aromatic N) is 2. The standard InChI is InChI=1S/C25H24F3N3O3/c26-25(27,28)18-4-1-3-16(12-18)11-17-7-9-29-23(13-17)31-10-8-20-21(5-2-6-22(20)31)24(34)30-14-19(33)15-32/h1-7,9,12-13,19,32-33H,8,10-11,14-15H2,(H,30,34)/t19-/m1/s1. The Hall–Kier alpha value is -3.43. The third kappa shape index (κ3) is 5.21. The zero-order valence-electron chi connectivity index (χ0n) is 18.2. The van der Waals surface area contributed by atoms with Gasteiger partial charge in [-0.05, 0) is 59.9 Å². The molecule has 9 heteroatoms. The first-order chi connectivity index (χ1) is 16.3. The van der Waals surface area contributed by atoms with Gasteiger partial charge in [-0.25, -0.2) is 4.98 Å². The highest BCUT2D eigenvalue weighted by Crippen LogP contribution is 2.36. The summed E-state index contributed by atoms with van der Waals surface area (Å²) in [5, 5.41) is 21.0. The van der Waals surface area contributed by atoms with Crippen molar-refractivity contribution in [3.8, 4) is 0 Å². The molecule has 0 aliphatic carbocycles. The van der Waals surface area contributed by atoms with Crippen LogP contribution in [0.25, 0.3) is 0 Å². The van der Waals surface area contributed by atoms with Crippen molar-refractivity contribution in [1.29, 1.82) is 0 Å². The van der Waals surface area contributed by atoms with Gasteiger partial charge in [-0.15, -0.1) is 0 Å². The number of hydrogen-bond donors (Lipinski definition) is 3. The Morgan fingerprint density at radius 2 is 1.88 bits per heavy atom. The Morgan fingerprint density at radius 3 is 2.65 bits per heavy atom. The smallest absolute Gasteiger partial charge is 0.394 e. The molecule has 3 aromatic rings. The van der Waals surface area contributed by atoms with E-state index in [0.29, 0.717) is 36.3 Å². The average Bonchev–Trinajstić information content (AvgIpc) is 3.26. The molecule has 0 saturated carbocycles. The highest BCUT2D eigenvalue weighted by atomic mass is 19.4. The number of amides is 1. The minimum Gasteiger partial charge on any atom is -0.394 e. The summed E-state index contributed by atoms with van der Waals surface area (Å²) < 4.78 is 39.1. The summed E-state index contributed by atoms with van der Waals surface area (Å²) in [6, 6.07) is 14.3. The lowest BCUT2D eigenvalue weighted by molar-refractivity contribution is -0.137. The van der Waals surface area contributed by atoms with Crippen molar-refractivity contribution in [2.75, 3.05) is 24.6 Å². The minimum atomic E-state index is -4.39. The Labute approximate surface area is 194 Å². The summed E-state index contributed by atoms with van der Waals surface area (Å²) in [6.07, 6.45) is -2.85. The molecule has 0 unspecified atom stereocenters. The molecule has 0 saturated heterocycles. The van der Waals surface area contributed by atoms with E-state index in [1.807, 2.05) is 17.0 Å². The molecular weight excluding hydrogens is 447 g/mol. The Balaban J connectivity index is 1.55. The Bertz CT molecular complexity index is 1180. The molecule has 1 amide bonds. The van der Waals surface area contributed by atoms with Crippen molar-refractivity contribution >= 4 is 17.4 Å². The molecule has 0 radical (unpaired) electrons. The first kappa shape index (κ1) is 23.7. The maximum absolute atomic E-state index is 13.0. The number of benzene rings is 2. The van der Waals surface area contributed by atoms with Gasteiger partial charge in [0.1, 0.15) is 5.82 Å². The molecule has 1 aromatic heterocycles. The maximum Gasteiger partial charge on any atom is 0.416 e. The van der Waals surface area contributed by atoms with Crippen LogP contribution >= 0.6 is 0 Å². The molecule has 0 fully saturated rings. The number of aliphatic hydroxyl groups excluding tert-OH is 2. The number of rotatable bonds is 7. The zero-order valence-corrected chi connectivity index (χ0v) is 18.2. The van der Waals surface area contributed by atoms with Crippen LogP contribution in [-0.2, 0) is 19.0 Å². The monoisotopic (exact) mass is 471 g/mol. The zero-order chi connectivity index (χ0) is 24.3. The third-order valence-electron chi connectivity index (χ3n) is 5.73. The fourth-order valence-electron chi connectivity index (χ4n) is 4.07. The van der Waals surface area contributed by atoms with Crippen LogP contribution in [0, 0.1) is 0 Å². The van der Waals surface area contributed by atoms with E-state index in [0.717, 1.165) is 28.9 Å². The number of carbonyl (C=O) groups is 1. The minimum absolute atomic E-state index is 0.0537. The lowest BCUT2D eigenvalue weighted by Crippen LogP contribution is -2.34. The predicted molar refractivity (Wildman–Crippen MR) is 121 cm³/mol. The number of fused-ring (bicyclic) bond motifs is 1. The van der Waals surface area contributed by atoms with Gasteiger partial charge in [0.05, 0.1) is 18.3 Å². The van der Waals surface area contributed by atoms with Crippen LogP contribution in [0.2, 0.25) is 0 Å². The summed E-state index contributed by atoms with van der Waals surface area (Å²) in [7, 11) is 0. The molecule has 2 aromatic carbocycles. The summed E-state index contributed by atoms with van der Waals surface area (Å²) in [6.45, 7) is 0.101. The van der Waals surface area contributed by atoms with Gasteiger partial charge in [0.2, 0.25) is 0 Å². The second-order valence-electron chi connectivity index (χ2n) is 8.15. The van der Waals surface area contributed by atoms with Crippen LogP contribution in [0.15, 0.2) is 60.8 Å². The number of pyridine rings is 1. The molecule has 3 N–H and O–H groups in total. The Morgan fingerprint density at radius 1 is 1.12 bits per heavy atom. The lowest BCUT2D eigenvalue weighted by atomic mass is 10.0. The van der Waals surface area contributed by atoms with Gasteiger partial charge in [-0.3, -0.25) is 4.79 Å². The number of halogens is 3. The van der Waals surface area contributed by atoms with Crippen molar-refractivity contribution in [3.63, 3.8) is 0 Å². The first-order valence-electron chi connectivity index (χ1n) is 10.8. The average molecular weight is 471 g/mol. The number of anilines is 2. The molecule has 1 aliphatic rings. The van der Waals surface area contributed by atoms with E-state index < -0.39 is 24.5 Å². The van der Waals surface area contributed by atoms with Gasteiger partial charge in [-0.2, -0.15) is 13.2 Å². The van der Waals surface area contributed by atoms with Gasteiger partial charge in [0.25, 0.3) is 5.91 Å². The molecule has 0 bridgehead atoms. The number of carbonyl (C=O) groups excluding carboxylic acids is 1. The van der Waals surface area contributed by atoms with Gasteiger partial charge in [0, 0.05) is 30.5 Å².